The second-order valence-electron chi connectivity index (χ2n) is 5.38. The first-order chi connectivity index (χ1) is 11.6. The predicted octanol–water partition coefficient (Wildman–Crippen LogP) is 2.58. The van der Waals surface area contributed by atoms with Gasteiger partial charge >= 0.3 is 11.9 Å². The molecule has 2 N–H and O–H groups in total. The van der Waals surface area contributed by atoms with E-state index in [-0.39, 0.29) is 32.0 Å². The Hall–Kier alpha value is -2.66. The molecule has 2 aromatic rings. The van der Waals surface area contributed by atoms with Crippen LogP contribution in [0.3, 0.4) is 0 Å². The first-order valence-electron chi connectivity index (χ1n) is 7.81. The Kier molecular flexibility index (Phi) is 6.98. The number of hydrogen-bond donors (Lipinski definition) is 1. The minimum Gasteiger partial charge on any atom is -0.461 e. The molecule has 0 saturated carbocycles. The van der Waals surface area contributed by atoms with E-state index in [4.69, 9.17) is 15.2 Å². The third kappa shape index (κ3) is 6.22. The molecular formula is C19H21NO4. The largest absolute Gasteiger partial charge is 0.461 e. The molecule has 0 radical (unpaired) electrons. The van der Waals surface area contributed by atoms with Gasteiger partial charge in [-0.25, -0.2) is 0 Å². The first kappa shape index (κ1) is 17.7. The normalized spacial score (nSPS) is 11.5. The molecule has 0 fully saturated rings. The maximum Gasteiger partial charge on any atom is 0.323 e. The fourth-order valence-corrected chi connectivity index (χ4v) is 2.04. The van der Waals surface area contributed by atoms with E-state index in [9.17, 15) is 9.59 Å². The molecule has 0 aliphatic carbocycles. The molecule has 0 unspecified atom stereocenters. The number of carbonyl (C=O) groups is 2. The van der Waals surface area contributed by atoms with Crippen LogP contribution in [0.1, 0.15) is 24.0 Å². The molecular weight excluding hydrogens is 312 g/mol. The molecule has 0 bridgehead atoms. The van der Waals surface area contributed by atoms with Gasteiger partial charge in [0.05, 0.1) is 0 Å². The van der Waals surface area contributed by atoms with Crippen LogP contribution in [0.4, 0.5) is 0 Å². The van der Waals surface area contributed by atoms with Crippen molar-refractivity contribution in [2.45, 2.75) is 32.1 Å². The van der Waals surface area contributed by atoms with E-state index in [0.717, 1.165) is 11.1 Å². The molecule has 0 aromatic heterocycles. The van der Waals surface area contributed by atoms with Crippen molar-refractivity contribution < 1.29 is 19.1 Å². The van der Waals surface area contributed by atoms with Crippen molar-refractivity contribution in [3.8, 4) is 0 Å². The van der Waals surface area contributed by atoms with Gasteiger partial charge in [0.25, 0.3) is 0 Å². The quantitative estimate of drug-likeness (QED) is 0.456. The third-order valence-electron chi connectivity index (χ3n) is 3.43. The van der Waals surface area contributed by atoms with E-state index < -0.39 is 12.0 Å². The number of esters is 2. The maximum absolute atomic E-state index is 11.8. The van der Waals surface area contributed by atoms with Crippen molar-refractivity contribution in [1.29, 1.82) is 0 Å². The summed E-state index contributed by atoms with van der Waals surface area (Å²) in [5.41, 5.74) is 7.56. The fourth-order valence-electron chi connectivity index (χ4n) is 2.04. The molecule has 5 nitrogen and oxygen atoms in total. The summed E-state index contributed by atoms with van der Waals surface area (Å²) < 4.78 is 10.3. The van der Waals surface area contributed by atoms with Crippen molar-refractivity contribution in [3.05, 3.63) is 71.8 Å². The van der Waals surface area contributed by atoms with Gasteiger partial charge in [0.15, 0.2) is 0 Å². The number of hydrogen-bond acceptors (Lipinski definition) is 5. The number of rotatable bonds is 8. The number of carbonyl (C=O) groups excluding carboxylic acids is 2. The Morgan fingerprint density at radius 1 is 0.833 bits per heavy atom. The molecule has 0 saturated heterocycles. The van der Waals surface area contributed by atoms with Crippen molar-refractivity contribution in [2.24, 2.45) is 5.73 Å². The van der Waals surface area contributed by atoms with Crippen LogP contribution < -0.4 is 5.73 Å². The molecule has 2 aromatic carbocycles. The molecule has 24 heavy (non-hydrogen) atoms. The van der Waals surface area contributed by atoms with Crippen LogP contribution in [0, 0.1) is 0 Å². The zero-order valence-corrected chi connectivity index (χ0v) is 13.4. The van der Waals surface area contributed by atoms with Crippen LogP contribution in [-0.2, 0) is 32.3 Å². The highest BCUT2D eigenvalue weighted by molar-refractivity contribution is 5.77. The highest BCUT2D eigenvalue weighted by Gasteiger charge is 2.17. The molecule has 0 aliphatic rings. The Morgan fingerprint density at radius 3 is 1.88 bits per heavy atom. The molecule has 126 valence electrons. The Bertz CT molecular complexity index is 643. The summed E-state index contributed by atoms with van der Waals surface area (Å²) >= 11 is 0. The van der Waals surface area contributed by atoms with Gasteiger partial charge in [0.2, 0.25) is 0 Å². The minimum absolute atomic E-state index is 0.0778. The highest BCUT2D eigenvalue weighted by Crippen LogP contribution is 2.06. The van der Waals surface area contributed by atoms with Crippen molar-refractivity contribution in [2.75, 3.05) is 0 Å². The highest BCUT2D eigenvalue weighted by atomic mass is 16.6. The van der Waals surface area contributed by atoms with Crippen LogP contribution >= 0.6 is 0 Å². The third-order valence-corrected chi connectivity index (χ3v) is 3.43. The van der Waals surface area contributed by atoms with Gasteiger partial charge in [-0.3, -0.25) is 9.59 Å². The average molecular weight is 333 g/mol. The lowest BCUT2D eigenvalue weighted by Gasteiger charge is -2.11. The van der Waals surface area contributed by atoms with E-state index in [1.807, 2.05) is 60.7 Å². The topological polar surface area (TPSA) is 78.6 Å². The van der Waals surface area contributed by atoms with Gasteiger partial charge < -0.3 is 15.2 Å². The summed E-state index contributed by atoms with van der Waals surface area (Å²) in [6.07, 6.45) is 0.273. The van der Waals surface area contributed by atoms with E-state index in [1.165, 1.54) is 0 Å². The standard InChI is InChI=1S/C19H21NO4/c20-17(19(22)24-14-16-9-5-2-6-10-16)11-12-18(21)23-13-15-7-3-1-4-8-15/h1-10,17H,11-14,20H2/t17-/m0/s1/i11+1,12+1,17+1,18+1,19+1,20+1. The molecule has 0 amide bonds. The van der Waals surface area contributed by atoms with E-state index >= 15 is 0 Å². The van der Waals surface area contributed by atoms with Gasteiger partial charge in [-0.05, 0) is 17.5 Å². The minimum atomic E-state index is -0.835. The molecule has 1 atom stereocenters. The van der Waals surface area contributed by atoms with Crippen LogP contribution in [0.2, 0.25) is 0 Å². The van der Waals surface area contributed by atoms with Crippen molar-refractivity contribution in [3.63, 3.8) is 0 Å². The summed E-state index contributed by atoms with van der Waals surface area (Å²) in [4.78, 5) is 23.5. The zero-order valence-electron chi connectivity index (χ0n) is 13.4. The molecule has 0 heterocycles. The van der Waals surface area contributed by atoms with E-state index in [2.05, 4.69) is 0 Å². The monoisotopic (exact) mass is 333 g/mol. The van der Waals surface area contributed by atoms with Gasteiger partial charge in [-0.2, -0.15) is 0 Å². The second kappa shape index (κ2) is 9.47. The SMILES string of the molecule is [15NH2][13C@@H]([13CH2][13CH2][13C](=O)OCc1ccccc1)[13C](=O)OCc1ccccc1. The molecule has 0 spiro atoms. The van der Waals surface area contributed by atoms with Gasteiger partial charge in [0.1, 0.15) is 19.3 Å². The van der Waals surface area contributed by atoms with Crippen LogP contribution in [0.5, 0.6) is 0 Å². The number of ether oxygens (including phenoxy) is 2. The molecule has 2 rings (SSSR count). The Morgan fingerprint density at radius 2 is 1.33 bits per heavy atom. The lowest BCUT2D eigenvalue weighted by Crippen LogP contribution is -2.32. The van der Waals surface area contributed by atoms with Crippen molar-refractivity contribution in [1.82, 2.24) is 0 Å². The maximum atomic E-state index is 11.8. The zero-order chi connectivity index (χ0) is 17.2. The fraction of sp³-hybridized carbons (Fsp3) is 0.263. The summed E-state index contributed by atoms with van der Waals surface area (Å²) in [6.45, 7) is 0.388. The smallest absolute Gasteiger partial charge is 0.323 e. The van der Waals surface area contributed by atoms with Crippen LogP contribution in [0.25, 0.3) is 0 Å². The number of benzene rings is 2. The lowest BCUT2D eigenvalue weighted by molar-refractivity contribution is -0.148. The van der Waals surface area contributed by atoms with E-state index in [0.29, 0.717) is 0 Å². The van der Waals surface area contributed by atoms with Crippen LogP contribution in [0.15, 0.2) is 60.7 Å². The Labute approximate surface area is 141 Å². The first-order valence-corrected chi connectivity index (χ1v) is 7.81. The van der Waals surface area contributed by atoms with Gasteiger partial charge in [-0.1, -0.05) is 60.7 Å². The second-order valence-corrected chi connectivity index (χ2v) is 5.38. The summed E-state index contributed by atoms with van der Waals surface area (Å²) in [5, 5.41) is 0. The number of nitrogens with two attached hydrogens (primary N) is 1. The molecule has 0 aliphatic heterocycles. The van der Waals surface area contributed by atoms with E-state index in [1.54, 1.807) is 0 Å². The van der Waals surface area contributed by atoms with Gasteiger partial charge in [0, 0.05) is 6.42 Å². The predicted molar refractivity (Wildman–Crippen MR) is 89.7 cm³/mol. The average Bonchev–Trinajstić information content (AvgIpc) is 2.64. The summed E-state index contributed by atoms with van der Waals surface area (Å²) in [7, 11) is 0. The Balaban J connectivity index is 1.65. The van der Waals surface area contributed by atoms with Crippen LogP contribution in [-0.4, -0.2) is 18.0 Å². The summed E-state index contributed by atoms with van der Waals surface area (Å²) in [5.74, 6) is -0.903. The molecule has 5 heteroatoms. The lowest BCUT2D eigenvalue weighted by atomic mass is 10.2. The van der Waals surface area contributed by atoms with Crippen molar-refractivity contribution >= 4 is 11.9 Å². The van der Waals surface area contributed by atoms with Gasteiger partial charge in [-0.15, -0.1) is 0 Å². The summed E-state index contributed by atoms with van der Waals surface area (Å²) in [6, 6.07) is 17.9.